The van der Waals surface area contributed by atoms with Crippen molar-refractivity contribution in [2.45, 2.75) is 72.5 Å². The molecule has 0 bridgehead atoms. The molecule has 0 spiro atoms. The molecule has 0 radical (unpaired) electrons. The molecule has 9 nitrogen and oxygen atoms in total. The summed E-state index contributed by atoms with van der Waals surface area (Å²) in [6.07, 6.45) is -0.185. The van der Waals surface area contributed by atoms with Crippen molar-refractivity contribution in [2.24, 2.45) is 5.41 Å². The summed E-state index contributed by atoms with van der Waals surface area (Å²) in [4.78, 5) is 33.9. The van der Waals surface area contributed by atoms with Gasteiger partial charge in [0.2, 0.25) is 0 Å². The second-order valence-corrected chi connectivity index (χ2v) is 9.69. The second kappa shape index (κ2) is 10.6. The molecule has 0 aliphatic carbocycles. The zero-order valence-electron chi connectivity index (χ0n) is 19.4. The molecule has 0 saturated heterocycles. The number of benzene rings is 1. The van der Waals surface area contributed by atoms with E-state index in [1.807, 2.05) is 48.5 Å². The van der Waals surface area contributed by atoms with Crippen LogP contribution in [0.15, 0.2) is 24.3 Å². The highest BCUT2D eigenvalue weighted by molar-refractivity contribution is 5.69. The van der Waals surface area contributed by atoms with E-state index < -0.39 is 27.7 Å². The average Bonchev–Trinajstić information content (AvgIpc) is 2.63. The molecule has 0 heterocycles. The standard InChI is InChI=1S/C22H33NO8/c1-20(2,3)31-18(24)12-13-22(6,7)29-15-21(4,5)14-28-19(25)30-17-10-8-16(9-11-17)23(26)27/h8-11H,12-15H2,1-7H3. The van der Waals surface area contributed by atoms with Gasteiger partial charge in [-0.2, -0.15) is 0 Å². The van der Waals surface area contributed by atoms with E-state index in [-0.39, 0.29) is 30.4 Å². The predicted octanol–water partition coefficient (Wildman–Crippen LogP) is 5.05. The molecular formula is C22H33NO8. The normalized spacial score (nSPS) is 12.2. The third-order valence-corrected chi connectivity index (χ3v) is 4.03. The number of rotatable bonds is 10. The Labute approximate surface area is 183 Å². The molecule has 0 unspecified atom stereocenters. The highest BCUT2D eigenvalue weighted by atomic mass is 16.7. The lowest BCUT2D eigenvalue weighted by Gasteiger charge is -2.31. The van der Waals surface area contributed by atoms with Crippen LogP contribution in [0.5, 0.6) is 5.75 Å². The van der Waals surface area contributed by atoms with Gasteiger partial charge in [0.05, 0.1) is 17.1 Å². The van der Waals surface area contributed by atoms with Crippen molar-refractivity contribution in [3.05, 3.63) is 34.4 Å². The number of ether oxygens (including phenoxy) is 4. The molecule has 1 aromatic carbocycles. The molecule has 0 amide bonds. The quantitative estimate of drug-likeness (QED) is 0.215. The number of nitrogens with zero attached hydrogens (tertiary/aromatic N) is 1. The fraction of sp³-hybridized carbons (Fsp3) is 0.636. The van der Waals surface area contributed by atoms with Crippen molar-refractivity contribution >= 4 is 17.8 Å². The Morgan fingerprint density at radius 3 is 2.06 bits per heavy atom. The Morgan fingerprint density at radius 1 is 0.968 bits per heavy atom. The van der Waals surface area contributed by atoms with Gasteiger partial charge in [0.15, 0.2) is 0 Å². The first kappa shape index (κ1) is 26.4. The molecule has 0 atom stereocenters. The molecule has 0 aliphatic rings. The number of carbonyl (C=O) groups excluding carboxylic acids is 2. The van der Waals surface area contributed by atoms with Gasteiger partial charge in [-0.05, 0) is 53.2 Å². The lowest BCUT2D eigenvalue weighted by atomic mass is 9.95. The summed E-state index contributed by atoms with van der Waals surface area (Å²) in [5, 5.41) is 10.6. The van der Waals surface area contributed by atoms with E-state index in [2.05, 4.69) is 0 Å². The van der Waals surface area contributed by atoms with Crippen molar-refractivity contribution in [1.82, 2.24) is 0 Å². The summed E-state index contributed by atoms with van der Waals surface area (Å²) in [5.41, 5.74) is -1.69. The summed E-state index contributed by atoms with van der Waals surface area (Å²) < 4.78 is 21.4. The fourth-order valence-electron chi connectivity index (χ4n) is 2.32. The van der Waals surface area contributed by atoms with Gasteiger partial charge in [-0.25, -0.2) is 4.79 Å². The molecule has 0 aromatic heterocycles. The third kappa shape index (κ3) is 11.3. The maximum absolute atomic E-state index is 11.9. The van der Waals surface area contributed by atoms with Crippen LogP contribution in [0, 0.1) is 15.5 Å². The first-order valence-corrected chi connectivity index (χ1v) is 10.0. The first-order chi connectivity index (χ1) is 14.1. The van der Waals surface area contributed by atoms with Gasteiger partial charge >= 0.3 is 12.1 Å². The van der Waals surface area contributed by atoms with E-state index in [1.165, 1.54) is 24.3 Å². The van der Waals surface area contributed by atoms with Crippen LogP contribution < -0.4 is 4.74 Å². The molecule has 0 N–H and O–H groups in total. The second-order valence-electron chi connectivity index (χ2n) is 9.69. The van der Waals surface area contributed by atoms with E-state index in [9.17, 15) is 19.7 Å². The van der Waals surface area contributed by atoms with Crippen molar-refractivity contribution in [2.75, 3.05) is 13.2 Å². The number of carbonyl (C=O) groups is 2. The maximum Gasteiger partial charge on any atom is 0.513 e. The zero-order valence-corrected chi connectivity index (χ0v) is 19.4. The molecule has 0 fully saturated rings. The Morgan fingerprint density at radius 2 is 1.55 bits per heavy atom. The summed E-state index contributed by atoms with van der Waals surface area (Å²) >= 11 is 0. The molecule has 0 aliphatic heterocycles. The van der Waals surface area contributed by atoms with Crippen LogP contribution in [-0.2, 0) is 19.0 Å². The molecule has 1 aromatic rings. The Hall–Kier alpha value is -2.68. The molecule has 31 heavy (non-hydrogen) atoms. The van der Waals surface area contributed by atoms with Gasteiger partial charge in [-0.3, -0.25) is 14.9 Å². The lowest BCUT2D eigenvalue weighted by molar-refractivity contribution is -0.384. The monoisotopic (exact) mass is 439 g/mol. The smallest absolute Gasteiger partial charge is 0.460 e. The average molecular weight is 440 g/mol. The van der Waals surface area contributed by atoms with Crippen molar-refractivity contribution in [3.8, 4) is 5.75 Å². The molecule has 1 rings (SSSR count). The van der Waals surface area contributed by atoms with Gasteiger partial charge < -0.3 is 18.9 Å². The molecule has 174 valence electrons. The summed E-state index contributed by atoms with van der Waals surface area (Å²) in [6.45, 7) is 13.3. The van der Waals surface area contributed by atoms with Crippen LogP contribution in [-0.4, -0.2) is 41.5 Å². The minimum absolute atomic E-state index is 0.0426. The largest absolute Gasteiger partial charge is 0.513 e. The molecular weight excluding hydrogens is 406 g/mol. The molecule has 9 heteroatoms. The number of nitro benzene ring substituents is 1. The van der Waals surface area contributed by atoms with E-state index in [0.29, 0.717) is 13.0 Å². The first-order valence-electron chi connectivity index (χ1n) is 10.0. The number of esters is 1. The zero-order chi connectivity index (χ0) is 23.9. The Bertz CT molecular complexity index is 763. The lowest BCUT2D eigenvalue weighted by Crippen LogP contribution is -2.35. The van der Waals surface area contributed by atoms with Gasteiger partial charge in [0.1, 0.15) is 18.0 Å². The van der Waals surface area contributed by atoms with E-state index in [1.54, 1.807) is 0 Å². The number of hydrogen-bond acceptors (Lipinski definition) is 8. The summed E-state index contributed by atoms with van der Waals surface area (Å²) in [7, 11) is 0. The Balaban J connectivity index is 2.43. The van der Waals surface area contributed by atoms with Gasteiger partial charge in [-0.15, -0.1) is 0 Å². The number of nitro groups is 1. The summed E-state index contributed by atoms with van der Waals surface area (Å²) in [6, 6.07) is 5.11. The van der Waals surface area contributed by atoms with Crippen LogP contribution in [0.2, 0.25) is 0 Å². The minimum Gasteiger partial charge on any atom is -0.460 e. The minimum atomic E-state index is -0.911. The van der Waals surface area contributed by atoms with Gasteiger partial charge in [0, 0.05) is 24.0 Å². The van der Waals surface area contributed by atoms with Gasteiger partial charge in [-0.1, -0.05) is 13.8 Å². The van der Waals surface area contributed by atoms with Crippen molar-refractivity contribution in [3.63, 3.8) is 0 Å². The topological polar surface area (TPSA) is 114 Å². The van der Waals surface area contributed by atoms with Crippen LogP contribution >= 0.6 is 0 Å². The van der Waals surface area contributed by atoms with Crippen LogP contribution in [0.1, 0.15) is 61.3 Å². The van der Waals surface area contributed by atoms with Crippen LogP contribution in [0.4, 0.5) is 10.5 Å². The predicted molar refractivity (Wildman–Crippen MR) is 114 cm³/mol. The van der Waals surface area contributed by atoms with Crippen molar-refractivity contribution < 1.29 is 33.5 Å². The van der Waals surface area contributed by atoms with E-state index >= 15 is 0 Å². The van der Waals surface area contributed by atoms with E-state index in [0.717, 1.165) is 0 Å². The van der Waals surface area contributed by atoms with E-state index in [4.69, 9.17) is 18.9 Å². The molecule has 0 saturated carbocycles. The van der Waals surface area contributed by atoms with Crippen LogP contribution in [0.3, 0.4) is 0 Å². The Kier molecular flexibility index (Phi) is 8.98. The fourth-order valence-corrected chi connectivity index (χ4v) is 2.32. The third-order valence-electron chi connectivity index (χ3n) is 4.03. The van der Waals surface area contributed by atoms with Crippen LogP contribution in [0.25, 0.3) is 0 Å². The number of hydrogen-bond donors (Lipinski definition) is 0. The van der Waals surface area contributed by atoms with Gasteiger partial charge in [0.25, 0.3) is 5.69 Å². The highest BCUT2D eigenvalue weighted by Gasteiger charge is 2.28. The number of non-ortho nitro benzene ring substituents is 1. The van der Waals surface area contributed by atoms with Crippen molar-refractivity contribution in [1.29, 1.82) is 0 Å². The SMILES string of the molecule is CC(C)(COC(=O)Oc1ccc([N+](=O)[O-])cc1)COC(C)(C)CCC(=O)OC(C)(C)C. The highest BCUT2D eigenvalue weighted by Crippen LogP contribution is 2.25. The maximum atomic E-state index is 11.9. The summed E-state index contributed by atoms with van der Waals surface area (Å²) in [5.74, 6) is -0.131.